The van der Waals surface area contributed by atoms with Gasteiger partial charge >= 0.3 is 0 Å². The van der Waals surface area contributed by atoms with E-state index in [0.717, 1.165) is 24.6 Å². The van der Waals surface area contributed by atoms with Crippen LogP contribution in [0.5, 0.6) is 0 Å². The smallest absolute Gasteiger partial charge is 0.191 e. The zero-order valence-electron chi connectivity index (χ0n) is 9.30. The second kappa shape index (κ2) is 5.80. The van der Waals surface area contributed by atoms with Crippen LogP contribution < -0.4 is 5.73 Å². The Balaban J connectivity index is 1.91. The van der Waals surface area contributed by atoms with Gasteiger partial charge in [0.15, 0.2) is 5.96 Å². The Bertz CT molecular complexity index is 345. The topological polar surface area (TPSA) is 41.6 Å². The number of guanidine groups is 1. The highest BCUT2D eigenvalue weighted by Crippen LogP contribution is 2.09. The lowest BCUT2D eigenvalue weighted by Crippen LogP contribution is -2.42. The average molecular weight is 235 g/mol. The third-order valence-electron chi connectivity index (χ3n) is 2.60. The number of hydrogen-bond donors (Lipinski definition) is 1. The highest BCUT2D eigenvalue weighted by Gasteiger charge is 2.11. The molecule has 2 rings (SSSR count). The summed E-state index contributed by atoms with van der Waals surface area (Å²) in [6.07, 6.45) is 0. The van der Waals surface area contributed by atoms with Crippen LogP contribution in [0.25, 0.3) is 0 Å². The SMILES string of the molecule is NC(=NCc1ccccc1)N1CCSCC1. The van der Waals surface area contributed by atoms with Gasteiger partial charge in [-0.2, -0.15) is 11.8 Å². The van der Waals surface area contributed by atoms with Crippen LogP contribution in [0.15, 0.2) is 35.3 Å². The van der Waals surface area contributed by atoms with Gasteiger partial charge in [0.1, 0.15) is 0 Å². The van der Waals surface area contributed by atoms with Crippen molar-refractivity contribution in [2.45, 2.75) is 6.54 Å². The van der Waals surface area contributed by atoms with Gasteiger partial charge < -0.3 is 10.6 Å². The van der Waals surface area contributed by atoms with E-state index in [1.54, 1.807) is 0 Å². The molecule has 0 aromatic heterocycles. The second-order valence-electron chi connectivity index (χ2n) is 3.76. The zero-order chi connectivity index (χ0) is 11.2. The molecule has 1 aromatic rings. The quantitative estimate of drug-likeness (QED) is 0.624. The minimum absolute atomic E-state index is 0.677. The molecule has 16 heavy (non-hydrogen) atoms. The van der Waals surface area contributed by atoms with Crippen LogP contribution in [0.1, 0.15) is 5.56 Å². The number of aliphatic imine (C=N–C) groups is 1. The second-order valence-corrected chi connectivity index (χ2v) is 4.98. The molecular formula is C12H17N3S. The molecule has 2 N–H and O–H groups in total. The molecule has 1 aliphatic rings. The fourth-order valence-corrected chi connectivity index (χ4v) is 2.55. The molecule has 1 aliphatic heterocycles. The van der Waals surface area contributed by atoms with Gasteiger partial charge in [-0.3, -0.25) is 0 Å². The van der Waals surface area contributed by atoms with Crippen molar-refractivity contribution in [3.8, 4) is 0 Å². The lowest BCUT2D eigenvalue weighted by molar-refractivity contribution is 0.455. The van der Waals surface area contributed by atoms with Crippen molar-refractivity contribution in [2.24, 2.45) is 10.7 Å². The predicted octanol–water partition coefficient (Wildman–Crippen LogP) is 1.55. The summed E-state index contributed by atoms with van der Waals surface area (Å²) in [5, 5.41) is 0. The molecule has 0 spiro atoms. The van der Waals surface area contributed by atoms with E-state index in [0.29, 0.717) is 12.5 Å². The first-order valence-electron chi connectivity index (χ1n) is 5.53. The van der Waals surface area contributed by atoms with Crippen molar-refractivity contribution < 1.29 is 0 Å². The van der Waals surface area contributed by atoms with Crippen LogP contribution in [0.3, 0.4) is 0 Å². The van der Waals surface area contributed by atoms with Gasteiger partial charge in [0.05, 0.1) is 6.54 Å². The van der Waals surface area contributed by atoms with Crippen LogP contribution in [0.4, 0.5) is 0 Å². The third kappa shape index (κ3) is 3.17. The number of hydrogen-bond acceptors (Lipinski definition) is 2. The van der Waals surface area contributed by atoms with Crippen LogP contribution in [-0.2, 0) is 6.54 Å². The molecule has 86 valence electrons. The largest absolute Gasteiger partial charge is 0.370 e. The number of benzene rings is 1. The van der Waals surface area contributed by atoms with Crippen molar-refractivity contribution >= 4 is 17.7 Å². The van der Waals surface area contributed by atoms with Crippen molar-refractivity contribution in [1.82, 2.24) is 4.90 Å². The van der Waals surface area contributed by atoms with Crippen LogP contribution in [0.2, 0.25) is 0 Å². The Morgan fingerprint density at radius 3 is 2.62 bits per heavy atom. The maximum absolute atomic E-state index is 5.96. The summed E-state index contributed by atoms with van der Waals surface area (Å²) in [5.74, 6) is 2.99. The molecule has 0 bridgehead atoms. The predicted molar refractivity (Wildman–Crippen MR) is 70.7 cm³/mol. The summed E-state index contributed by atoms with van der Waals surface area (Å²) in [6.45, 7) is 2.72. The summed E-state index contributed by atoms with van der Waals surface area (Å²) >= 11 is 1.98. The molecule has 0 radical (unpaired) electrons. The van der Waals surface area contributed by atoms with E-state index < -0.39 is 0 Å². The summed E-state index contributed by atoms with van der Waals surface area (Å²) in [6, 6.07) is 10.2. The van der Waals surface area contributed by atoms with Crippen molar-refractivity contribution in [3.63, 3.8) is 0 Å². The Labute approximate surface area is 101 Å². The first-order valence-corrected chi connectivity index (χ1v) is 6.68. The van der Waals surface area contributed by atoms with E-state index in [4.69, 9.17) is 5.73 Å². The summed E-state index contributed by atoms with van der Waals surface area (Å²) < 4.78 is 0. The van der Waals surface area contributed by atoms with E-state index in [9.17, 15) is 0 Å². The van der Waals surface area contributed by atoms with Crippen molar-refractivity contribution in [1.29, 1.82) is 0 Å². The van der Waals surface area contributed by atoms with Gasteiger partial charge in [-0.05, 0) is 5.56 Å². The fourth-order valence-electron chi connectivity index (χ4n) is 1.65. The average Bonchev–Trinajstić information content (AvgIpc) is 2.38. The van der Waals surface area contributed by atoms with E-state index >= 15 is 0 Å². The Kier molecular flexibility index (Phi) is 4.10. The van der Waals surface area contributed by atoms with Crippen LogP contribution >= 0.6 is 11.8 Å². The first kappa shape index (κ1) is 11.3. The molecule has 4 heteroatoms. The maximum atomic E-state index is 5.96. The van der Waals surface area contributed by atoms with Gasteiger partial charge in [0, 0.05) is 24.6 Å². The van der Waals surface area contributed by atoms with Gasteiger partial charge in [-0.1, -0.05) is 30.3 Å². The molecule has 1 heterocycles. The van der Waals surface area contributed by atoms with Crippen molar-refractivity contribution in [2.75, 3.05) is 24.6 Å². The maximum Gasteiger partial charge on any atom is 0.191 e. The number of nitrogens with zero attached hydrogens (tertiary/aromatic N) is 2. The lowest BCUT2D eigenvalue weighted by Gasteiger charge is -2.27. The van der Waals surface area contributed by atoms with E-state index in [-0.39, 0.29) is 0 Å². The van der Waals surface area contributed by atoms with Gasteiger partial charge in [-0.15, -0.1) is 0 Å². The molecule has 0 unspecified atom stereocenters. The zero-order valence-corrected chi connectivity index (χ0v) is 10.1. The summed E-state index contributed by atoms with van der Waals surface area (Å²) in [5.41, 5.74) is 7.17. The molecule has 0 amide bonds. The minimum Gasteiger partial charge on any atom is -0.370 e. The Morgan fingerprint density at radius 2 is 1.94 bits per heavy atom. The Morgan fingerprint density at radius 1 is 1.25 bits per heavy atom. The summed E-state index contributed by atoms with van der Waals surface area (Å²) in [7, 11) is 0. The molecule has 0 saturated carbocycles. The molecule has 1 fully saturated rings. The molecule has 1 saturated heterocycles. The molecule has 0 aliphatic carbocycles. The highest BCUT2D eigenvalue weighted by atomic mass is 32.2. The van der Waals surface area contributed by atoms with E-state index in [2.05, 4.69) is 22.0 Å². The van der Waals surface area contributed by atoms with Gasteiger partial charge in [0.25, 0.3) is 0 Å². The highest BCUT2D eigenvalue weighted by molar-refractivity contribution is 7.99. The molecular weight excluding hydrogens is 218 g/mol. The van der Waals surface area contributed by atoms with Gasteiger partial charge in [-0.25, -0.2) is 4.99 Å². The molecule has 1 aromatic carbocycles. The molecule has 0 atom stereocenters. The lowest BCUT2D eigenvalue weighted by atomic mass is 10.2. The minimum atomic E-state index is 0.677. The van der Waals surface area contributed by atoms with Crippen molar-refractivity contribution in [3.05, 3.63) is 35.9 Å². The van der Waals surface area contributed by atoms with E-state index in [1.165, 1.54) is 5.56 Å². The standard InChI is InChI=1S/C12H17N3S/c13-12(15-6-8-16-9-7-15)14-10-11-4-2-1-3-5-11/h1-5H,6-10H2,(H2,13,14). The van der Waals surface area contributed by atoms with E-state index in [1.807, 2.05) is 30.0 Å². The normalized spacial score (nSPS) is 17.5. The monoisotopic (exact) mass is 235 g/mol. The third-order valence-corrected chi connectivity index (χ3v) is 3.54. The van der Waals surface area contributed by atoms with Crippen LogP contribution in [-0.4, -0.2) is 35.5 Å². The number of rotatable bonds is 2. The number of nitrogens with two attached hydrogens (primary N) is 1. The van der Waals surface area contributed by atoms with Crippen LogP contribution in [0, 0.1) is 0 Å². The fraction of sp³-hybridized carbons (Fsp3) is 0.417. The summed E-state index contributed by atoms with van der Waals surface area (Å²) in [4.78, 5) is 6.60. The Hall–Kier alpha value is -1.16. The van der Waals surface area contributed by atoms with Gasteiger partial charge in [0.2, 0.25) is 0 Å². The molecule has 3 nitrogen and oxygen atoms in total. The number of thioether (sulfide) groups is 1. The first-order chi connectivity index (χ1) is 7.86.